The van der Waals surface area contributed by atoms with Crippen molar-refractivity contribution in [3.05, 3.63) is 58.2 Å². The van der Waals surface area contributed by atoms with Crippen LogP contribution in [-0.2, 0) is 43.2 Å². The lowest BCUT2D eigenvalue weighted by Gasteiger charge is -2.35. The molecule has 2 aliphatic heterocycles. The Kier molecular flexibility index (Phi) is 11.0. The summed E-state index contributed by atoms with van der Waals surface area (Å²) in [6.07, 6.45) is 4.01. The number of aliphatic hydroxyl groups excluding tert-OH is 1. The summed E-state index contributed by atoms with van der Waals surface area (Å²) in [4.78, 5) is 51.0. The van der Waals surface area contributed by atoms with Gasteiger partial charge in [0.1, 0.15) is 12.1 Å². The fourth-order valence-corrected chi connectivity index (χ4v) is 8.96. The highest BCUT2D eigenvalue weighted by molar-refractivity contribution is 7.10. The summed E-state index contributed by atoms with van der Waals surface area (Å²) in [5.74, 6) is -0.444. The molecule has 12 nitrogen and oxygen atoms in total. The molecule has 6 atom stereocenters. The average Bonchev–Trinajstić information content (AvgIpc) is 3.44. The lowest BCUT2D eigenvalue weighted by molar-refractivity contribution is -0.155. The zero-order valence-electron chi connectivity index (χ0n) is 32.1. The summed E-state index contributed by atoms with van der Waals surface area (Å²) >= 11 is 1.47. The molecule has 1 aromatic carbocycles. The summed E-state index contributed by atoms with van der Waals surface area (Å²) in [5.41, 5.74) is 9.21. The summed E-state index contributed by atoms with van der Waals surface area (Å²) in [6.45, 7) is 11.5. The molecule has 4 aromatic rings. The van der Waals surface area contributed by atoms with E-state index < -0.39 is 23.5 Å². The largest absolute Gasteiger partial charge is 0.464 e. The molecular weight excluding hydrogens is 705 g/mol. The van der Waals surface area contributed by atoms with E-state index in [0.717, 1.165) is 49.7 Å². The Labute approximate surface area is 320 Å². The zero-order valence-corrected chi connectivity index (χ0v) is 32.9. The first-order valence-corrected chi connectivity index (χ1v) is 20.0. The van der Waals surface area contributed by atoms with Crippen molar-refractivity contribution in [2.24, 2.45) is 23.2 Å². The molecule has 3 N–H and O–H groups in total. The molecule has 54 heavy (non-hydrogen) atoms. The van der Waals surface area contributed by atoms with Crippen molar-refractivity contribution in [2.45, 2.75) is 91.5 Å². The number of carbonyl (C=O) groups excluding carboxylic acids is 3. The lowest BCUT2D eigenvalue weighted by Crippen LogP contribution is -2.60. The van der Waals surface area contributed by atoms with Gasteiger partial charge in [0.15, 0.2) is 0 Å². The van der Waals surface area contributed by atoms with Crippen molar-refractivity contribution < 1.29 is 29.0 Å². The van der Waals surface area contributed by atoms with E-state index in [1.165, 1.54) is 16.3 Å². The maximum absolute atomic E-state index is 14.1. The van der Waals surface area contributed by atoms with Crippen molar-refractivity contribution in [2.75, 3.05) is 26.9 Å². The molecule has 0 radical (unpaired) electrons. The Hall–Kier alpha value is -4.17. The molecule has 1 unspecified atom stereocenters. The minimum atomic E-state index is -0.850. The number of aromatic nitrogens is 3. The molecule has 3 aliphatic rings. The number of esters is 1. The van der Waals surface area contributed by atoms with Crippen LogP contribution in [0.3, 0.4) is 0 Å². The minimum absolute atomic E-state index is 0.0409. The van der Waals surface area contributed by atoms with Gasteiger partial charge in [0.2, 0.25) is 5.91 Å². The molecule has 288 valence electrons. The number of ether oxygens (including phenoxy) is 2. The highest BCUT2D eigenvalue weighted by Crippen LogP contribution is 2.46. The van der Waals surface area contributed by atoms with Gasteiger partial charge in [-0.3, -0.25) is 24.4 Å². The van der Waals surface area contributed by atoms with Crippen LogP contribution in [0.15, 0.2) is 41.9 Å². The summed E-state index contributed by atoms with van der Waals surface area (Å²) in [6, 6.07) is 8.81. The van der Waals surface area contributed by atoms with E-state index in [0.29, 0.717) is 38.8 Å². The molecular formula is C41H52N6O6S. The van der Waals surface area contributed by atoms with Crippen LogP contribution in [0.5, 0.6) is 0 Å². The number of thiazole rings is 1. The van der Waals surface area contributed by atoms with E-state index in [1.807, 2.05) is 18.4 Å². The number of methoxy groups -OCH3 is 1. The number of rotatable bonds is 8. The smallest absolute Gasteiger partial charge is 0.324 e. The number of nitrogens with one attached hydrogen (secondary N) is 2. The van der Waals surface area contributed by atoms with E-state index in [2.05, 4.69) is 67.3 Å². The first kappa shape index (κ1) is 38.1. The van der Waals surface area contributed by atoms with Gasteiger partial charge in [0, 0.05) is 78.2 Å². The number of cyclic esters (lactones) is 1. The van der Waals surface area contributed by atoms with Gasteiger partial charge in [-0.2, -0.15) is 0 Å². The van der Waals surface area contributed by atoms with Crippen molar-refractivity contribution in [1.82, 2.24) is 30.3 Å². The second-order valence-electron chi connectivity index (χ2n) is 16.0. The fourth-order valence-electron chi connectivity index (χ4n) is 8.10. The van der Waals surface area contributed by atoms with Crippen molar-refractivity contribution in [3.8, 4) is 22.5 Å². The number of benzene rings is 1. The van der Waals surface area contributed by atoms with Crippen molar-refractivity contribution in [1.29, 1.82) is 0 Å². The van der Waals surface area contributed by atoms with Gasteiger partial charge in [-0.1, -0.05) is 33.8 Å². The molecule has 7 rings (SSSR count). The van der Waals surface area contributed by atoms with Crippen LogP contribution in [0.1, 0.15) is 76.3 Å². The number of pyridine rings is 1. The van der Waals surface area contributed by atoms with Crippen LogP contribution in [0.4, 0.5) is 0 Å². The number of fused-ring (bicyclic) bond motifs is 6. The zero-order chi connectivity index (χ0) is 38.3. The number of carbonyl (C=O) groups is 3. The molecule has 1 saturated carbocycles. The van der Waals surface area contributed by atoms with Crippen LogP contribution in [0.25, 0.3) is 33.4 Å². The van der Waals surface area contributed by atoms with Crippen LogP contribution in [0.2, 0.25) is 0 Å². The first-order chi connectivity index (χ1) is 25.9. The number of nitrogens with zero attached hydrogens (tertiary/aromatic N) is 4. The predicted molar refractivity (Wildman–Crippen MR) is 207 cm³/mol. The summed E-state index contributed by atoms with van der Waals surface area (Å²) in [5, 5.41) is 18.3. The summed E-state index contributed by atoms with van der Waals surface area (Å²) in [7, 11) is 1.68. The molecule has 5 heterocycles. The van der Waals surface area contributed by atoms with Gasteiger partial charge in [0.05, 0.1) is 34.8 Å². The Morgan fingerprint density at radius 3 is 2.76 bits per heavy atom. The van der Waals surface area contributed by atoms with Crippen LogP contribution in [0, 0.1) is 23.2 Å². The Morgan fingerprint density at radius 1 is 1.22 bits per heavy atom. The number of aryl methyl sites for hydroxylation is 1. The van der Waals surface area contributed by atoms with Gasteiger partial charge in [-0.15, -0.1) is 11.3 Å². The fraction of sp³-hybridized carbons (Fsp3) is 0.537. The normalized spacial score (nSPS) is 24.9. The molecule has 2 fully saturated rings. The topological polar surface area (TPSA) is 148 Å². The highest BCUT2D eigenvalue weighted by atomic mass is 32.1. The van der Waals surface area contributed by atoms with E-state index in [-0.39, 0.29) is 55.3 Å². The second kappa shape index (κ2) is 15.5. The third-order valence-corrected chi connectivity index (χ3v) is 12.4. The van der Waals surface area contributed by atoms with Crippen LogP contribution < -0.4 is 10.7 Å². The number of amides is 2. The van der Waals surface area contributed by atoms with Crippen LogP contribution >= 0.6 is 11.3 Å². The number of hydrogen-bond donors (Lipinski definition) is 3. The number of aliphatic hydroxyl groups is 1. The second-order valence-corrected chi connectivity index (χ2v) is 16.9. The van der Waals surface area contributed by atoms with E-state index >= 15 is 0 Å². The average molecular weight is 757 g/mol. The Bertz CT molecular complexity index is 2030. The molecule has 1 aliphatic carbocycles. The quantitative estimate of drug-likeness (QED) is 0.199. The molecule has 6 bridgehead atoms. The molecule has 2 amide bonds. The van der Waals surface area contributed by atoms with Gasteiger partial charge in [0.25, 0.3) is 5.91 Å². The van der Waals surface area contributed by atoms with E-state index in [4.69, 9.17) is 19.4 Å². The molecule has 0 spiro atoms. The SMILES string of the molecule is CO[C@@H](C)c1ncccc1-c1c2c3cc(ccc3n1CCCO)-c1csc(n1)C[C@H](NC(=O)C1[C@@H](C)[C@H]1C)C(=O)N1CCC[C@H](N1)C(=O)OCC(C)(C)C2. The Morgan fingerprint density at radius 2 is 2.02 bits per heavy atom. The maximum Gasteiger partial charge on any atom is 0.324 e. The summed E-state index contributed by atoms with van der Waals surface area (Å²) < 4.78 is 14.1. The van der Waals surface area contributed by atoms with Crippen molar-refractivity contribution >= 4 is 40.0 Å². The lowest BCUT2D eigenvalue weighted by atomic mass is 9.84. The Balaban J connectivity index is 1.36. The van der Waals surface area contributed by atoms with Crippen molar-refractivity contribution in [3.63, 3.8) is 0 Å². The number of hydrazine groups is 1. The van der Waals surface area contributed by atoms with E-state index in [9.17, 15) is 19.5 Å². The number of hydrogen-bond acceptors (Lipinski definition) is 10. The molecule has 13 heteroatoms. The highest BCUT2D eigenvalue weighted by Gasteiger charge is 2.49. The van der Waals surface area contributed by atoms with Crippen LogP contribution in [-0.4, -0.2) is 81.4 Å². The van der Waals surface area contributed by atoms with Gasteiger partial charge in [-0.25, -0.2) is 10.4 Å². The predicted octanol–water partition coefficient (Wildman–Crippen LogP) is 5.47. The minimum Gasteiger partial charge on any atom is -0.464 e. The molecule has 3 aromatic heterocycles. The van der Waals surface area contributed by atoms with E-state index in [1.54, 1.807) is 13.3 Å². The monoisotopic (exact) mass is 756 g/mol. The maximum atomic E-state index is 14.1. The van der Waals surface area contributed by atoms with Gasteiger partial charge in [-0.05, 0) is 74.3 Å². The standard InChI is InChI=1S/C41H52N6O6S/c1-23-24(2)35(23)38(49)44-31-19-34-43-32(21-54-34)26-12-13-33-28(18-26)29(20-41(4,5)22-53-40(51)30-11-8-16-47(45-30)39(31)50)37(46(33)15-9-17-48)27-10-7-14-42-36(27)25(3)52-6/h7,10,12-14,18,21,23-25,30-31,35,45,48H,8-9,11,15-17,19-20,22H2,1-6H3,(H,44,49)/t23-,24+,25-,30-,31-,35?/m0/s1. The molecule has 1 saturated heterocycles. The van der Waals surface area contributed by atoms with Gasteiger partial charge < -0.3 is 24.5 Å². The first-order valence-electron chi connectivity index (χ1n) is 19.1. The third-order valence-electron chi connectivity index (χ3n) is 11.5. The van der Waals surface area contributed by atoms with Gasteiger partial charge >= 0.3 is 5.97 Å². The third kappa shape index (κ3) is 7.56.